The van der Waals surface area contributed by atoms with Gasteiger partial charge in [-0.15, -0.1) is 12.6 Å². The van der Waals surface area contributed by atoms with E-state index in [0.717, 1.165) is 4.90 Å². The second kappa shape index (κ2) is 11.4. The minimum atomic E-state index is -2.37. The molecule has 1 aliphatic heterocycles. The van der Waals surface area contributed by atoms with Crippen molar-refractivity contribution in [2.75, 3.05) is 25.2 Å². The Bertz CT molecular complexity index is 857. The number of nitrogens with zero attached hydrogens (tertiary/aromatic N) is 3. The largest absolute Gasteiger partial charge is 0.381 e. The molecule has 2 amide bonds. The van der Waals surface area contributed by atoms with Crippen LogP contribution in [0.3, 0.4) is 0 Å². The molecule has 2 rings (SSSR count). The fourth-order valence-electron chi connectivity index (χ4n) is 3.36. The molecule has 10 heteroatoms. The number of hydrogen-bond acceptors (Lipinski definition) is 6. The van der Waals surface area contributed by atoms with Crippen LogP contribution >= 0.6 is 24.2 Å². The van der Waals surface area contributed by atoms with Crippen LogP contribution in [0.15, 0.2) is 50.9 Å². The number of halogens is 2. The molecule has 0 bridgehead atoms. The highest BCUT2D eigenvalue weighted by molar-refractivity contribution is 7.80. The number of nitrogens with one attached hydrogen (secondary N) is 1. The van der Waals surface area contributed by atoms with Crippen molar-refractivity contribution in [1.29, 1.82) is 0 Å². The number of benzene rings is 1. The molecule has 1 aromatic carbocycles. The zero-order valence-corrected chi connectivity index (χ0v) is 19.1. The monoisotopic (exact) mass is 468 g/mol. The highest BCUT2D eigenvalue weighted by Crippen LogP contribution is 2.33. The number of ether oxygens (including phenoxy) is 1. The van der Waals surface area contributed by atoms with Crippen LogP contribution in [0.5, 0.6) is 0 Å². The van der Waals surface area contributed by atoms with Gasteiger partial charge in [-0.05, 0) is 50.7 Å². The Kier molecular flexibility index (Phi) is 9.21. The average Bonchev–Trinajstić information content (AvgIpc) is 2.75. The first-order valence-electron chi connectivity index (χ1n) is 9.64. The lowest BCUT2D eigenvalue weighted by Gasteiger charge is -2.41. The first kappa shape index (κ1) is 25.0. The smallest absolute Gasteiger partial charge is 0.278 e. The van der Waals surface area contributed by atoms with Gasteiger partial charge in [0.2, 0.25) is 0 Å². The molecule has 0 unspecified atom stereocenters. The standard InChI is InChI=1S/C21H26ClFN4O3S/c1-21(14(12-24-2)13-25-3,20(29)26-15-8-10-30-11-9-15)27(19(28)18(22)23)16-4-6-17(31)7-5-16/h4-7,12-13,15,18,31H,2,8-11H2,1,3H3,(H,26,29)/b14-12+,25-13-/t18-,21+/m0/s1. The number of amides is 2. The first-order chi connectivity index (χ1) is 14.7. The van der Waals surface area contributed by atoms with Crippen LogP contribution < -0.4 is 10.2 Å². The molecular weight excluding hydrogens is 443 g/mol. The van der Waals surface area contributed by atoms with E-state index in [-0.39, 0.29) is 17.3 Å². The minimum absolute atomic E-state index is 0.161. The van der Waals surface area contributed by atoms with E-state index >= 15 is 0 Å². The molecule has 7 nitrogen and oxygen atoms in total. The fourth-order valence-corrected chi connectivity index (χ4v) is 3.60. The van der Waals surface area contributed by atoms with Crippen LogP contribution in [0.2, 0.25) is 0 Å². The molecule has 1 heterocycles. The van der Waals surface area contributed by atoms with E-state index in [4.69, 9.17) is 16.3 Å². The van der Waals surface area contributed by atoms with Crippen molar-refractivity contribution in [3.05, 3.63) is 36.0 Å². The van der Waals surface area contributed by atoms with Crippen LogP contribution in [0.4, 0.5) is 10.1 Å². The van der Waals surface area contributed by atoms with Gasteiger partial charge in [-0.3, -0.25) is 24.5 Å². The second-order valence-corrected chi connectivity index (χ2v) is 7.98. The fraction of sp³-hybridized carbons (Fsp3) is 0.429. The van der Waals surface area contributed by atoms with Gasteiger partial charge >= 0.3 is 0 Å². The van der Waals surface area contributed by atoms with Gasteiger partial charge in [0.15, 0.2) is 5.54 Å². The average molecular weight is 469 g/mol. The first-order valence-corrected chi connectivity index (χ1v) is 10.5. The molecule has 0 spiro atoms. The summed E-state index contributed by atoms with van der Waals surface area (Å²) in [6.45, 7) is 5.96. The maximum atomic E-state index is 14.1. The van der Waals surface area contributed by atoms with Crippen molar-refractivity contribution in [1.82, 2.24) is 5.32 Å². The molecule has 0 aromatic heterocycles. The van der Waals surface area contributed by atoms with E-state index in [9.17, 15) is 14.0 Å². The van der Waals surface area contributed by atoms with E-state index in [1.54, 1.807) is 24.3 Å². The third-order valence-corrected chi connectivity index (χ3v) is 5.51. The van der Waals surface area contributed by atoms with Crippen molar-refractivity contribution < 1.29 is 18.7 Å². The maximum Gasteiger partial charge on any atom is 0.278 e. The number of hydrogen-bond donors (Lipinski definition) is 2. The summed E-state index contributed by atoms with van der Waals surface area (Å²) in [6, 6.07) is 6.20. The van der Waals surface area contributed by atoms with E-state index < -0.39 is 23.0 Å². The second-order valence-electron chi connectivity index (χ2n) is 7.08. The molecule has 1 fully saturated rings. The minimum Gasteiger partial charge on any atom is -0.381 e. The van der Waals surface area contributed by atoms with E-state index in [1.807, 2.05) is 0 Å². The SMILES string of the molecule is C=N/C=C(\C=N/C)[C@](C)(C(=O)NC1CCOCC1)N(C(=O)[C@H](F)Cl)c1ccc(S)cc1. The molecule has 0 radical (unpaired) electrons. The van der Waals surface area contributed by atoms with Gasteiger partial charge in [0, 0.05) is 54.9 Å². The van der Waals surface area contributed by atoms with Crippen LogP contribution in [-0.2, 0) is 14.3 Å². The maximum absolute atomic E-state index is 14.1. The van der Waals surface area contributed by atoms with Crippen molar-refractivity contribution in [2.24, 2.45) is 9.98 Å². The Morgan fingerprint density at radius 1 is 1.39 bits per heavy atom. The highest BCUT2D eigenvalue weighted by atomic mass is 35.5. The van der Waals surface area contributed by atoms with Crippen LogP contribution in [0.25, 0.3) is 0 Å². The number of alkyl halides is 2. The van der Waals surface area contributed by atoms with E-state index in [1.165, 1.54) is 26.4 Å². The van der Waals surface area contributed by atoms with Crippen molar-refractivity contribution in [3.63, 3.8) is 0 Å². The van der Waals surface area contributed by atoms with E-state index in [0.29, 0.717) is 31.0 Å². The van der Waals surface area contributed by atoms with Gasteiger partial charge in [0.05, 0.1) is 0 Å². The van der Waals surface area contributed by atoms with Crippen molar-refractivity contribution in [3.8, 4) is 0 Å². The number of thiol groups is 1. The lowest BCUT2D eigenvalue weighted by atomic mass is 9.87. The van der Waals surface area contributed by atoms with Crippen molar-refractivity contribution >= 4 is 54.7 Å². The molecule has 1 N–H and O–H groups in total. The predicted octanol–water partition coefficient (Wildman–Crippen LogP) is 3.18. The summed E-state index contributed by atoms with van der Waals surface area (Å²) in [7, 11) is 1.51. The van der Waals surface area contributed by atoms with Gasteiger partial charge in [-0.25, -0.2) is 4.39 Å². The molecule has 31 heavy (non-hydrogen) atoms. The summed E-state index contributed by atoms with van der Waals surface area (Å²) >= 11 is 9.81. The highest BCUT2D eigenvalue weighted by Gasteiger charge is 2.48. The molecule has 0 aliphatic carbocycles. The number of carbonyl (C=O) groups excluding carboxylic acids is 2. The number of rotatable bonds is 8. The molecule has 1 aromatic rings. The van der Waals surface area contributed by atoms with Gasteiger partial charge < -0.3 is 10.1 Å². The molecular formula is C21H26ClFN4O3S. The quantitative estimate of drug-likeness (QED) is 0.349. The lowest BCUT2D eigenvalue weighted by molar-refractivity contribution is -0.130. The zero-order chi connectivity index (χ0) is 23.0. The molecule has 0 saturated carbocycles. The lowest BCUT2D eigenvalue weighted by Crippen LogP contribution is -2.63. The van der Waals surface area contributed by atoms with E-state index in [2.05, 4.69) is 34.6 Å². The van der Waals surface area contributed by atoms with Gasteiger partial charge in [-0.1, -0.05) is 11.6 Å². The van der Waals surface area contributed by atoms with Gasteiger partial charge in [-0.2, -0.15) is 0 Å². The Morgan fingerprint density at radius 3 is 2.52 bits per heavy atom. The summed E-state index contributed by atoms with van der Waals surface area (Å²) in [6.07, 6.45) is 3.93. The summed E-state index contributed by atoms with van der Waals surface area (Å²) < 4.78 is 19.5. The van der Waals surface area contributed by atoms with Crippen LogP contribution in [-0.4, -0.2) is 62.2 Å². The van der Waals surface area contributed by atoms with Crippen LogP contribution in [0.1, 0.15) is 19.8 Å². The molecule has 1 aliphatic rings. The zero-order valence-electron chi connectivity index (χ0n) is 17.4. The Balaban J connectivity index is 2.66. The third-order valence-electron chi connectivity index (χ3n) is 5.02. The van der Waals surface area contributed by atoms with Gasteiger partial charge in [0.25, 0.3) is 17.4 Å². The number of aliphatic imine (C=N–C) groups is 2. The molecule has 168 valence electrons. The topological polar surface area (TPSA) is 83.4 Å². The Hall–Kier alpha value is -2.23. The number of anilines is 1. The third kappa shape index (κ3) is 5.93. The molecule has 1 saturated heterocycles. The number of carbonyl (C=O) groups is 2. The van der Waals surface area contributed by atoms with Gasteiger partial charge in [0.1, 0.15) is 0 Å². The summed E-state index contributed by atoms with van der Waals surface area (Å²) in [5.74, 6) is -1.63. The normalized spacial score (nSPS) is 18.3. The van der Waals surface area contributed by atoms with Crippen molar-refractivity contribution in [2.45, 2.75) is 41.9 Å². The Morgan fingerprint density at radius 2 is 2.00 bits per heavy atom. The predicted molar refractivity (Wildman–Crippen MR) is 124 cm³/mol. The van der Waals surface area contributed by atoms with Crippen LogP contribution in [0, 0.1) is 0 Å². The summed E-state index contributed by atoms with van der Waals surface area (Å²) in [5.41, 5.74) is -3.61. The summed E-state index contributed by atoms with van der Waals surface area (Å²) in [5, 5.41) is 2.95. The Labute approximate surface area is 191 Å². The molecule has 2 atom stereocenters. The summed E-state index contributed by atoms with van der Waals surface area (Å²) in [4.78, 5) is 36.0.